The van der Waals surface area contributed by atoms with E-state index in [1.807, 2.05) is 24.8 Å². The van der Waals surface area contributed by atoms with Crippen LogP contribution >= 0.6 is 0 Å². The minimum atomic E-state index is -0.993. The molecular formula is C20H21NO5. The predicted molar refractivity (Wildman–Crippen MR) is 97.7 cm³/mol. The van der Waals surface area contributed by atoms with E-state index in [2.05, 4.69) is 0 Å². The third-order valence-electron chi connectivity index (χ3n) is 5.39. The molecule has 0 fully saturated rings. The molecule has 6 heteroatoms. The van der Waals surface area contributed by atoms with Gasteiger partial charge in [-0.15, -0.1) is 0 Å². The summed E-state index contributed by atoms with van der Waals surface area (Å²) in [5.41, 5.74) is 0.736. The van der Waals surface area contributed by atoms with Crippen LogP contribution in [0.5, 0.6) is 23.0 Å². The average Bonchev–Trinajstić information content (AvgIpc) is 2.75. The maximum Gasteiger partial charge on any atom is 0.212 e. The Morgan fingerprint density at radius 2 is 1.81 bits per heavy atom. The van der Waals surface area contributed by atoms with Crippen LogP contribution in [0.4, 0.5) is 5.69 Å². The fourth-order valence-corrected chi connectivity index (χ4v) is 4.08. The van der Waals surface area contributed by atoms with Crippen molar-refractivity contribution in [1.82, 2.24) is 0 Å². The van der Waals surface area contributed by atoms with Crippen LogP contribution < -0.4 is 9.64 Å². The highest BCUT2D eigenvalue weighted by atomic mass is 16.5. The minimum absolute atomic E-state index is 0.0449. The highest BCUT2D eigenvalue weighted by Crippen LogP contribution is 2.56. The van der Waals surface area contributed by atoms with E-state index in [0.717, 1.165) is 11.3 Å². The quantitative estimate of drug-likeness (QED) is 0.662. The van der Waals surface area contributed by atoms with E-state index in [9.17, 15) is 20.4 Å². The second-order valence-electron chi connectivity index (χ2n) is 7.22. The summed E-state index contributed by atoms with van der Waals surface area (Å²) in [7, 11) is 0. The number of fused-ring (bicyclic) bond motifs is 2. The zero-order chi connectivity index (χ0) is 18.7. The number of phenolic OH excluding ortho intramolecular Hbond substituents is 3. The Balaban J connectivity index is 1.93. The second kappa shape index (κ2) is 5.32. The Hall–Kier alpha value is -2.86. The Bertz CT molecular complexity index is 921. The van der Waals surface area contributed by atoms with Crippen molar-refractivity contribution in [3.8, 4) is 23.0 Å². The molecule has 0 aliphatic carbocycles. The maximum atomic E-state index is 10.3. The van der Waals surface area contributed by atoms with Crippen molar-refractivity contribution in [2.45, 2.75) is 25.0 Å². The van der Waals surface area contributed by atoms with Gasteiger partial charge in [0.2, 0.25) is 5.72 Å². The minimum Gasteiger partial charge on any atom is -0.508 e. The number of anilines is 1. The monoisotopic (exact) mass is 355 g/mol. The lowest BCUT2D eigenvalue weighted by Crippen LogP contribution is -2.60. The summed E-state index contributed by atoms with van der Waals surface area (Å²) >= 11 is 0. The molecule has 136 valence electrons. The lowest BCUT2D eigenvalue weighted by molar-refractivity contribution is 0.0477. The number of phenols is 3. The molecule has 0 saturated heterocycles. The van der Waals surface area contributed by atoms with Crippen LogP contribution in [0.2, 0.25) is 0 Å². The van der Waals surface area contributed by atoms with Crippen LogP contribution in [-0.4, -0.2) is 39.3 Å². The van der Waals surface area contributed by atoms with Crippen LogP contribution in [-0.2, 0) is 5.41 Å². The van der Waals surface area contributed by atoms with Crippen LogP contribution in [0.15, 0.2) is 36.4 Å². The Kier molecular flexibility index (Phi) is 3.39. The van der Waals surface area contributed by atoms with E-state index in [4.69, 9.17) is 4.74 Å². The fourth-order valence-electron chi connectivity index (χ4n) is 4.08. The molecule has 2 aromatic carbocycles. The van der Waals surface area contributed by atoms with Gasteiger partial charge in [0.05, 0.1) is 12.0 Å². The number of hydrogen-bond donors (Lipinski definition) is 4. The number of nitrogens with zero attached hydrogens (tertiary/aromatic N) is 1. The molecule has 0 radical (unpaired) electrons. The van der Waals surface area contributed by atoms with Gasteiger partial charge in [0, 0.05) is 23.9 Å². The molecule has 6 nitrogen and oxygen atoms in total. The summed E-state index contributed by atoms with van der Waals surface area (Å²) in [6.07, 6.45) is 3.68. The first-order valence-corrected chi connectivity index (χ1v) is 8.46. The van der Waals surface area contributed by atoms with Crippen molar-refractivity contribution in [3.63, 3.8) is 0 Å². The predicted octanol–water partition coefficient (Wildman–Crippen LogP) is 2.70. The zero-order valence-electron chi connectivity index (χ0n) is 14.6. The number of aliphatic hydroxyl groups excluding tert-OH is 1. The van der Waals surface area contributed by atoms with E-state index >= 15 is 0 Å². The van der Waals surface area contributed by atoms with Crippen molar-refractivity contribution in [3.05, 3.63) is 47.5 Å². The first-order valence-electron chi connectivity index (χ1n) is 8.46. The van der Waals surface area contributed by atoms with Gasteiger partial charge < -0.3 is 30.1 Å². The number of aromatic hydroxyl groups is 3. The summed E-state index contributed by atoms with van der Waals surface area (Å²) in [6.45, 7) is 4.23. The molecular weight excluding hydrogens is 334 g/mol. The number of aliphatic hydroxyl groups is 1. The number of β-amino-alcohol motifs (C(OH)–C–C–N with tert-alkyl or cyclic N) is 1. The smallest absolute Gasteiger partial charge is 0.212 e. The first-order chi connectivity index (χ1) is 12.3. The van der Waals surface area contributed by atoms with Gasteiger partial charge >= 0.3 is 0 Å². The molecule has 0 bridgehead atoms. The fraction of sp³-hybridized carbons (Fsp3) is 0.300. The second-order valence-corrected chi connectivity index (χ2v) is 7.22. The number of hydrogen-bond acceptors (Lipinski definition) is 6. The average molecular weight is 355 g/mol. The van der Waals surface area contributed by atoms with Crippen LogP contribution in [0.1, 0.15) is 25.0 Å². The van der Waals surface area contributed by atoms with Crippen molar-refractivity contribution < 1.29 is 25.2 Å². The first kappa shape index (κ1) is 16.6. The van der Waals surface area contributed by atoms with Crippen LogP contribution in [0.3, 0.4) is 0 Å². The molecule has 0 amide bonds. The van der Waals surface area contributed by atoms with Crippen molar-refractivity contribution in [1.29, 1.82) is 0 Å². The van der Waals surface area contributed by atoms with E-state index in [1.54, 1.807) is 24.3 Å². The van der Waals surface area contributed by atoms with Crippen LogP contribution in [0.25, 0.3) is 6.08 Å². The molecule has 1 spiro atoms. The molecule has 0 saturated carbocycles. The topological polar surface area (TPSA) is 93.4 Å². The van der Waals surface area contributed by atoms with Gasteiger partial charge in [-0.05, 0) is 55.8 Å². The third-order valence-corrected chi connectivity index (χ3v) is 5.39. The SMILES string of the molecule is CC1(C)c2cc(O)ccc2N(CCO)C12C=Cc1cc(O)cc(O)c1O2. The van der Waals surface area contributed by atoms with Crippen molar-refractivity contribution >= 4 is 11.8 Å². The van der Waals surface area contributed by atoms with Gasteiger partial charge in [-0.3, -0.25) is 0 Å². The van der Waals surface area contributed by atoms with Crippen molar-refractivity contribution in [2.24, 2.45) is 0 Å². The molecule has 2 aliphatic heterocycles. The number of benzene rings is 2. The lowest BCUT2D eigenvalue weighted by atomic mass is 9.76. The van der Waals surface area contributed by atoms with E-state index in [-0.39, 0.29) is 29.6 Å². The molecule has 2 aromatic rings. The van der Waals surface area contributed by atoms with Gasteiger partial charge in [-0.25, -0.2) is 0 Å². The Morgan fingerprint density at radius 1 is 1.04 bits per heavy atom. The number of rotatable bonds is 2. The zero-order valence-corrected chi connectivity index (χ0v) is 14.6. The molecule has 0 aromatic heterocycles. The summed E-state index contributed by atoms with van der Waals surface area (Å²) in [5, 5.41) is 39.6. The summed E-state index contributed by atoms with van der Waals surface area (Å²) in [6, 6.07) is 7.88. The summed E-state index contributed by atoms with van der Waals surface area (Å²) in [4.78, 5) is 1.94. The van der Waals surface area contributed by atoms with Crippen LogP contribution in [0, 0.1) is 0 Å². The van der Waals surface area contributed by atoms with Gasteiger partial charge in [-0.1, -0.05) is 0 Å². The highest BCUT2D eigenvalue weighted by Gasteiger charge is 2.59. The van der Waals surface area contributed by atoms with Crippen molar-refractivity contribution in [2.75, 3.05) is 18.1 Å². The molecule has 4 N–H and O–H groups in total. The number of ether oxygens (including phenoxy) is 1. The molecule has 26 heavy (non-hydrogen) atoms. The summed E-state index contributed by atoms with van der Waals surface area (Å²) in [5.74, 6) is 0.239. The van der Waals surface area contributed by atoms with E-state index in [1.165, 1.54) is 12.1 Å². The van der Waals surface area contributed by atoms with E-state index in [0.29, 0.717) is 12.1 Å². The summed E-state index contributed by atoms with van der Waals surface area (Å²) < 4.78 is 6.35. The molecule has 4 rings (SSSR count). The van der Waals surface area contributed by atoms with Gasteiger partial charge in [0.1, 0.15) is 11.5 Å². The Labute approximate surface area is 151 Å². The standard InChI is InChI=1S/C20H21NO5/c1-19(2)15-10-13(23)3-4-16(15)21(7-8-22)20(19)6-5-12-9-14(24)11-17(25)18(12)26-20/h3-6,9-11,22-25H,7-8H2,1-2H3. The lowest BCUT2D eigenvalue weighted by Gasteiger charge is -2.47. The highest BCUT2D eigenvalue weighted by molar-refractivity contribution is 5.75. The van der Waals surface area contributed by atoms with E-state index < -0.39 is 11.1 Å². The maximum absolute atomic E-state index is 10.3. The van der Waals surface area contributed by atoms with Gasteiger partial charge in [0.15, 0.2) is 11.5 Å². The molecule has 1 atom stereocenters. The normalized spacial score (nSPS) is 22.2. The van der Waals surface area contributed by atoms with Gasteiger partial charge in [-0.2, -0.15) is 0 Å². The molecule has 2 aliphatic rings. The molecule has 2 heterocycles. The Morgan fingerprint density at radius 3 is 2.54 bits per heavy atom. The third kappa shape index (κ3) is 2.02. The van der Waals surface area contributed by atoms with Gasteiger partial charge in [0.25, 0.3) is 0 Å². The largest absolute Gasteiger partial charge is 0.508 e. The molecule has 1 unspecified atom stereocenters.